The van der Waals surface area contributed by atoms with E-state index in [-0.39, 0.29) is 17.0 Å². The van der Waals surface area contributed by atoms with Gasteiger partial charge in [0.25, 0.3) is 11.5 Å². The molecular weight excluding hydrogens is 423 g/mol. The van der Waals surface area contributed by atoms with Crippen LogP contribution < -0.4 is 15.6 Å². The average Bonchev–Trinajstić information content (AvgIpc) is 2.80. The van der Waals surface area contributed by atoms with Crippen LogP contribution in [0, 0.1) is 24.1 Å². The summed E-state index contributed by atoms with van der Waals surface area (Å²) in [6, 6.07) is 19.1. The molecule has 33 heavy (non-hydrogen) atoms. The predicted molar refractivity (Wildman–Crippen MR) is 121 cm³/mol. The standard InChI is InChI=1S/C25H17FN4O3/c1-16-5-4-6-20(13-16)33-24-21(25(32)30-12-3-2-7-22(30)29-24)14-17(15-27)23(31)28-19-10-8-18(26)9-11-19/h2-14H,1H3,(H,28,31)/b17-14-. The van der Waals surface area contributed by atoms with Gasteiger partial charge in [0, 0.05) is 11.9 Å². The van der Waals surface area contributed by atoms with Gasteiger partial charge in [0.2, 0.25) is 5.88 Å². The third-order valence-corrected chi connectivity index (χ3v) is 4.69. The average molecular weight is 440 g/mol. The van der Waals surface area contributed by atoms with Crippen LogP contribution in [0.4, 0.5) is 10.1 Å². The van der Waals surface area contributed by atoms with Crippen LogP contribution in [0.2, 0.25) is 0 Å². The molecule has 0 saturated heterocycles. The zero-order valence-corrected chi connectivity index (χ0v) is 17.4. The first kappa shape index (κ1) is 21.5. The molecule has 0 aliphatic rings. The number of carbonyl (C=O) groups is 1. The largest absolute Gasteiger partial charge is 0.438 e. The minimum atomic E-state index is -0.761. The second-order valence-electron chi connectivity index (χ2n) is 7.11. The zero-order valence-electron chi connectivity index (χ0n) is 17.4. The molecule has 8 heteroatoms. The lowest BCUT2D eigenvalue weighted by atomic mass is 10.1. The fourth-order valence-corrected chi connectivity index (χ4v) is 3.10. The predicted octanol–water partition coefficient (Wildman–Crippen LogP) is 4.48. The Labute approximate surface area is 188 Å². The highest BCUT2D eigenvalue weighted by atomic mass is 19.1. The highest BCUT2D eigenvalue weighted by Gasteiger charge is 2.17. The van der Waals surface area contributed by atoms with E-state index in [2.05, 4.69) is 10.3 Å². The molecule has 1 amide bonds. The zero-order chi connectivity index (χ0) is 23.4. The Morgan fingerprint density at radius 1 is 1.15 bits per heavy atom. The summed E-state index contributed by atoms with van der Waals surface area (Å²) >= 11 is 0. The maximum atomic E-state index is 13.2. The number of amides is 1. The number of nitriles is 1. The number of aryl methyl sites for hydroxylation is 1. The summed E-state index contributed by atoms with van der Waals surface area (Å²) in [6.45, 7) is 1.89. The van der Waals surface area contributed by atoms with Crippen LogP contribution in [0.5, 0.6) is 11.6 Å². The fourth-order valence-electron chi connectivity index (χ4n) is 3.10. The van der Waals surface area contributed by atoms with E-state index < -0.39 is 17.3 Å². The van der Waals surface area contributed by atoms with E-state index >= 15 is 0 Å². The van der Waals surface area contributed by atoms with Crippen molar-refractivity contribution in [2.45, 2.75) is 6.92 Å². The number of aromatic nitrogens is 2. The van der Waals surface area contributed by atoms with E-state index in [0.717, 1.165) is 11.6 Å². The summed E-state index contributed by atoms with van der Waals surface area (Å²) in [5.74, 6) is -0.814. The SMILES string of the molecule is Cc1cccc(Oc2nc3ccccn3c(=O)c2/C=C(/C#N)C(=O)Nc2ccc(F)cc2)c1. The monoisotopic (exact) mass is 440 g/mol. The molecule has 7 nitrogen and oxygen atoms in total. The van der Waals surface area contributed by atoms with Crippen LogP contribution in [0.15, 0.2) is 83.3 Å². The Balaban J connectivity index is 1.79. The van der Waals surface area contributed by atoms with Gasteiger partial charge in [-0.05, 0) is 67.1 Å². The maximum Gasteiger partial charge on any atom is 0.269 e. The van der Waals surface area contributed by atoms with Gasteiger partial charge < -0.3 is 10.1 Å². The highest BCUT2D eigenvalue weighted by molar-refractivity contribution is 6.09. The van der Waals surface area contributed by atoms with E-state index in [1.807, 2.05) is 13.0 Å². The topological polar surface area (TPSA) is 96.5 Å². The van der Waals surface area contributed by atoms with Crippen LogP contribution in [0.1, 0.15) is 11.1 Å². The number of nitrogens with zero attached hydrogens (tertiary/aromatic N) is 3. The lowest BCUT2D eigenvalue weighted by Crippen LogP contribution is -2.20. The molecule has 0 radical (unpaired) electrons. The highest BCUT2D eigenvalue weighted by Crippen LogP contribution is 2.25. The Bertz CT molecular complexity index is 1480. The third kappa shape index (κ3) is 4.78. The number of anilines is 1. The number of carbonyl (C=O) groups excluding carboxylic acids is 1. The van der Waals surface area contributed by atoms with E-state index in [9.17, 15) is 19.2 Å². The number of rotatable bonds is 5. The van der Waals surface area contributed by atoms with Crippen LogP contribution in [-0.4, -0.2) is 15.3 Å². The van der Waals surface area contributed by atoms with Crippen molar-refractivity contribution in [3.63, 3.8) is 0 Å². The molecule has 0 saturated carbocycles. The Morgan fingerprint density at radius 2 is 1.94 bits per heavy atom. The number of ether oxygens (including phenoxy) is 1. The van der Waals surface area contributed by atoms with Crippen molar-refractivity contribution in [2.75, 3.05) is 5.32 Å². The molecule has 1 N–H and O–H groups in total. The number of halogens is 1. The molecule has 0 aliphatic carbocycles. The van der Waals surface area contributed by atoms with Crippen molar-refractivity contribution < 1.29 is 13.9 Å². The summed E-state index contributed by atoms with van der Waals surface area (Å²) in [6.07, 6.45) is 2.67. The molecule has 2 heterocycles. The number of pyridine rings is 1. The summed E-state index contributed by atoms with van der Waals surface area (Å²) in [5, 5.41) is 12.1. The van der Waals surface area contributed by atoms with Crippen LogP contribution >= 0.6 is 0 Å². The Kier molecular flexibility index (Phi) is 5.96. The van der Waals surface area contributed by atoms with Crippen molar-refractivity contribution in [1.82, 2.24) is 9.38 Å². The number of fused-ring (bicyclic) bond motifs is 1. The first-order valence-electron chi connectivity index (χ1n) is 9.89. The number of nitrogens with one attached hydrogen (secondary N) is 1. The van der Waals surface area contributed by atoms with Crippen LogP contribution in [0.3, 0.4) is 0 Å². The van der Waals surface area contributed by atoms with E-state index in [0.29, 0.717) is 17.1 Å². The van der Waals surface area contributed by atoms with Crippen LogP contribution in [0.25, 0.3) is 11.7 Å². The van der Waals surface area contributed by atoms with Gasteiger partial charge in [0.05, 0.1) is 0 Å². The molecule has 2 aromatic carbocycles. The van der Waals surface area contributed by atoms with Gasteiger partial charge in [-0.2, -0.15) is 10.2 Å². The summed E-state index contributed by atoms with van der Waals surface area (Å²) < 4.78 is 20.3. The summed E-state index contributed by atoms with van der Waals surface area (Å²) in [5.41, 5.74) is 0.669. The molecule has 0 atom stereocenters. The summed E-state index contributed by atoms with van der Waals surface area (Å²) in [4.78, 5) is 30.3. The Morgan fingerprint density at radius 3 is 2.67 bits per heavy atom. The van der Waals surface area contributed by atoms with Gasteiger partial charge >= 0.3 is 0 Å². The second-order valence-corrected chi connectivity index (χ2v) is 7.11. The first-order valence-corrected chi connectivity index (χ1v) is 9.89. The Hall–Kier alpha value is -4.77. The number of benzene rings is 2. The van der Waals surface area contributed by atoms with Gasteiger partial charge in [-0.1, -0.05) is 18.2 Å². The maximum absolute atomic E-state index is 13.2. The van der Waals surface area contributed by atoms with Crippen LogP contribution in [-0.2, 0) is 4.79 Å². The van der Waals surface area contributed by atoms with Crippen molar-refractivity contribution in [3.8, 4) is 17.7 Å². The van der Waals surface area contributed by atoms with Gasteiger partial charge in [-0.25, -0.2) is 4.39 Å². The molecule has 162 valence electrons. The van der Waals surface area contributed by atoms with Crippen molar-refractivity contribution in [3.05, 3.63) is 106 Å². The third-order valence-electron chi connectivity index (χ3n) is 4.69. The van der Waals surface area contributed by atoms with E-state index in [4.69, 9.17) is 4.74 Å². The first-order chi connectivity index (χ1) is 15.9. The van der Waals surface area contributed by atoms with E-state index in [1.165, 1.54) is 34.9 Å². The van der Waals surface area contributed by atoms with E-state index in [1.54, 1.807) is 42.5 Å². The molecule has 0 fully saturated rings. The number of hydrogen-bond donors (Lipinski definition) is 1. The molecule has 0 aliphatic heterocycles. The van der Waals surface area contributed by atoms with Crippen molar-refractivity contribution >= 4 is 23.3 Å². The van der Waals surface area contributed by atoms with Gasteiger partial charge in [0.1, 0.15) is 34.4 Å². The minimum Gasteiger partial charge on any atom is -0.438 e. The summed E-state index contributed by atoms with van der Waals surface area (Å²) in [7, 11) is 0. The minimum absolute atomic E-state index is 0.0425. The van der Waals surface area contributed by atoms with Crippen molar-refractivity contribution in [2.24, 2.45) is 0 Å². The smallest absolute Gasteiger partial charge is 0.269 e. The molecule has 0 unspecified atom stereocenters. The number of hydrogen-bond acceptors (Lipinski definition) is 5. The van der Waals surface area contributed by atoms with Crippen molar-refractivity contribution in [1.29, 1.82) is 5.26 Å². The molecular formula is C25H17FN4O3. The normalized spacial score (nSPS) is 11.1. The molecule has 4 aromatic rings. The van der Waals surface area contributed by atoms with Gasteiger partial charge in [-0.15, -0.1) is 0 Å². The lowest BCUT2D eigenvalue weighted by molar-refractivity contribution is -0.112. The molecule has 4 rings (SSSR count). The second kappa shape index (κ2) is 9.16. The van der Waals surface area contributed by atoms with Gasteiger partial charge in [0.15, 0.2) is 0 Å². The molecule has 0 spiro atoms. The quantitative estimate of drug-likeness (QED) is 0.365. The lowest BCUT2D eigenvalue weighted by Gasteiger charge is -2.11. The fraction of sp³-hybridized carbons (Fsp3) is 0.0400. The molecule has 2 aromatic heterocycles. The van der Waals surface area contributed by atoms with Gasteiger partial charge in [-0.3, -0.25) is 14.0 Å². The molecule has 0 bridgehead atoms.